The standard InChI is InChI=1S/C26H29N3O3.C25H28N4O3.C19H23BrN2O2.C6H6N2O.CH4/c1-17-28-26(24(31)29(17)2)21-14-18(15-23(30)22-6-4-5-13-27-22)7-8-19(21)16-25(26)11-9-20(32-3)10-12-25;1-29-22(31)25(28-23(29)26)19-13-16(14-21(30)20-5-3-4-12-27-20)6-7-17(19)15-24(25)10-8-18(32-2)9-11-24;1-12-21-19(17(23)22(12)2)16-10-14(20)5-4-13(16)11-18(19)8-6-15(24-3)7-9-18;7-6(9)5-3-1-2-4-8-5;/h4-8,13-14,20H,9-12,15-16H2,1-3H3;3-7,12-13,18H,8-11,14-15H2,1-2H3,(H2,26,28);4-5,10,15H,6-9,11H2,1-3H3;1-4H,(H2,7,9);1H4. The minimum atomic E-state index is -1.02. The zero-order valence-corrected chi connectivity index (χ0v) is 58.2. The van der Waals surface area contributed by atoms with Crippen molar-refractivity contribution in [3.63, 3.8) is 0 Å². The highest BCUT2D eigenvalue weighted by Gasteiger charge is 2.69. The molecule has 6 spiro atoms. The lowest BCUT2D eigenvalue weighted by molar-refractivity contribution is -0.138. The molecule has 20 nitrogen and oxygen atoms in total. The molecule has 514 valence electrons. The van der Waals surface area contributed by atoms with Crippen molar-refractivity contribution in [2.75, 3.05) is 42.5 Å². The van der Waals surface area contributed by atoms with E-state index in [9.17, 15) is 28.8 Å². The van der Waals surface area contributed by atoms with Gasteiger partial charge >= 0.3 is 0 Å². The summed E-state index contributed by atoms with van der Waals surface area (Å²) in [5.74, 6) is 1.38. The Labute approximate surface area is 582 Å². The number of fused-ring (bicyclic) bond motifs is 9. The van der Waals surface area contributed by atoms with Gasteiger partial charge in [0.1, 0.15) is 28.8 Å². The molecule has 0 bridgehead atoms. The minimum Gasteiger partial charge on any atom is -0.381 e. The number of aromatic nitrogens is 3. The van der Waals surface area contributed by atoms with E-state index in [2.05, 4.69) is 67.3 Å². The number of primary amides is 1. The van der Waals surface area contributed by atoms with Gasteiger partial charge in [0.15, 0.2) is 34.1 Å². The number of benzene rings is 3. The van der Waals surface area contributed by atoms with E-state index in [1.807, 2.05) is 58.3 Å². The summed E-state index contributed by atoms with van der Waals surface area (Å²) in [4.78, 5) is 109. The number of Topliss-reactive ketones (excluding diaryl/α,β-unsaturated/α-hetero) is 2. The number of rotatable bonds is 10. The van der Waals surface area contributed by atoms with Crippen LogP contribution in [0.1, 0.15) is 174 Å². The first kappa shape index (κ1) is 70.8. The van der Waals surface area contributed by atoms with Crippen LogP contribution in [0.2, 0.25) is 0 Å². The number of pyridine rings is 3. The molecule has 4 amide bonds. The smallest absolute Gasteiger partial charge is 0.267 e. The van der Waals surface area contributed by atoms with Crippen molar-refractivity contribution in [2.45, 2.75) is 165 Å². The molecule has 98 heavy (non-hydrogen) atoms. The molecule has 3 fully saturated rings. The van der Waals surface area contributed by atoms with Crippen molar-refractivity contribution in [3.05, 3.63) is 194 Å². The summed E-state index contributed by atoms with van der Waals surface area (Å²) in [5.41, 5.74) is 17.3. The van der Waals surface area contributed by atoms with Crippen LogP contribution < -0.4 is 11.5 Å². The minimum absolute atomic E-state index is 0. The zero-order valence-electron chi connectivity index (χ0n) is 56.6. The second-order valence-corrected chi connectivity index (χ2v) is 28.6. The lowest BCUT2D eigenvalue weighted by Gasteiger charge is -2.45. The van der Waals surface area contributed by atoms with Crippen LogP contribution in [0.25, 0.3) is 0 Å². The lowest BCUT2D eigenvalue weighted by Crippen LogP contribution is -2.51. The summed E-state index contributed by atoms with van der Waals surface area (Å²) in [5, 5.41) is 0. The van der Waals surface area contributed by atoms with Gasteiger partial charge in [0.25, 0.3) is 23.6 Å². The van der Waals surface area contributed by atoms with Crippen molar-refractivity contribution in [1.29, 1.82) is 0 Å². The van der Waals surface area contributed by atoms with Crippen LogP contribution in [0.5, 0.6) is 0 Å². The first-order chi connectivity index (χ1) is 46.5. The summed E-state index contributed by atoms with van der Waals surface area (Å²) in [6.07, 6.45) is 19.7. The van der Waals surface area contributed by atoms with Crippen LogP contribution in [0.3, 0.4) is 0 Å². The number of hydrogen-bond acceptors (Lipinski definition) is 16. The maximum Gasteiger partial charge on any atom is 0.267 e. The largest absolute Gasteiger partial charge is 0.381 e. The maximum absolute atomic E-state index is 13.8. The summed E-state index contributed by atoms with van der Waals surface area (Å²) >= 11 is 3.59. The van der Waals surface area contributed by atoms with Crippen molar-refractivity contribution in [1.82, 2.24) is 29.7 Å². The highest BCUT2D eigenvalue weighted by atomic mass is 79.9. The second-order valence-electron chi connectivity index (χ2n) is 27.7. The van der Waals surface area contributed by atoms with E-state index in [1.54, 1.807) is 93.0 Å². The molecule has 6 heterocycles. The number of ketones is 2. The average Bonchev–Trinajstić information content (AvgIpc) is 1.54. The molecule has 3 aromatic heterocycles. The molecule has 15 rings (SSSR count). The third-order valence-electron chi connectivity index (χ3n) is 22.8. The predicted molar refractivity (Wildman–Crippen MR) is 378 cm³/mol. The number of ether oxygens (including phenoxy) is 3. The van der Waals surface area contributed by atoms with Gasteiger partial charge in [0.2, 0.25) is 0 Å². The number of methoxy groups -OCH3 is 3. The summed E-state index contributed by atoms with van der Waals surface area (Å²) in [6, 6.07) is 34.3. The number of nitrogens with two attached hydrogens (primary N) is 2. The first-order valence-corrected chi connectivity index (χ1v) is 34.4. The SMILES string of the molecule is C.COC1CCC2(CC1)Cc1ccc(Br)cc1C21N=C(C)N(C)C1=O.COC1CCC2(CC1)Cc1ccc(CC(=O)c3ccccn3)cc1C21N=C(C)N(C)C1=O.COC1CCC2(CC1)Cc1ccc(CC(=O)c3ccccn3)cc1C21N=C(N)N(C)C1=O.NC(=O)c1ccccn1. The number of amides is 4. The number of carbonyl (C=O) groups is 6. The molecule has 3 aromatic carbocycles. The molecule has 6 aromatic rings. The summed E-state index contributed by atoms with van der Waals surface area (Å²) < 4.78 is 17.8. The van der Waals surface area contributed by atoms with Gasteiger partial charge in [0.05, 0.1) is 18.3 Å². The fourth-order valence-electron chi connectivity index (χ4n) is 17.4. The van der Waals surface area contributed by atoms with Crippen molar-refractivity contribution < 1.29 is 43.0 Å². The number of aliphatic imine (C=N–C) groups is 3. The van der Waals surface area contributed by atoms with Crippen molar-refractivity contribution in [3.8, 4) is 0 Å². The number of guanidine groups is 1. The number of amidine groups is 2. The molecule has 0 saturated heterocycles. The number of hydrogen-bond donors (Lipinski definition) is 2. The summed E-state index contributed by atoms with van der Waals surface area (Å²) in [6.45, 7) is 3.85. The molecule has 0 radical (unpaired) electrons. The molecule has 6 aliphatic carbocycles. The summed E-state index contributed by atoms with van der Waals surface area (Å²) in [7, 11) is 10.7. The third-order valence-corrected chi connectivity index (χ3v) is 23.3. The van der Waals surface area contributed by atoms with E-state index in [0.717, 1.165) is 146 Å². The van der Waals surface area contributed by atoms with Crippen LogP contribution in [-0.2, 0) is 77.3 Å². The van der Waals surface area contributed by atoms with Gasteiger partial charge < -0.3 is 35.5 Å². The van der Waals surface area contributed by atoms with E-state index in [0.29, 0.717) is 23.2 Å². The van der Waals surface area contributed by atoms with Gasteiger partial charge in [0, 0.05) is 94.6 Å². The maximum atomic E-state index is 13.8. The van der Waals surface area contributed by atoms with E-state index >= 15 is 0 Å². The molecule has 9 aliphatic rings. The highest BCUT2D eigenvalue weighted by Crippen LogP contribution is 2.65. The molecule has 21 heteroatoms. The van der Waals surface area contributed by atoms with E-state index in [-0.39, 0.29) is 84.0 Å². The topological polar surface area (TPSA) is 268 Å². The van der Waals surface area contributed by atoms with Crippen LogP contribution in [0.4, 0.5) is 0 Å². The van der Waals surface area contributed by atoms with E-state index < -0.39 is 22.5 Å². The predicted octanol–water partition coefficient (Wildman–Crippen LogP) is 10.8. The Morgan fingerprint density at radius 1 is 0.490 bits per heavy atom. The molecule has 4 N–H and O–H groups in total. The normalized spacial score (nSPS) is 28.3. The van der Waals surface area contributed by atoms with Gasteiger partial charge in [-0.25, -0.2) is 4.99 Å². The van der Waals surface area contributed by atoms with Crippen LogP contribution >= 0.6 is 15.9 Å². The molecular weight excluding hydrogens is 1300 g/mol. The molecular formula is C77H90BrN11O9. The number of carbonyl (C=O) groups excluding carboxylic acids is 6. The number of nitrogens with zero attached hydrogens (tertiary/aromatic N) is 9. The van der Waals surface area contributed by atoms with Crippen LogP contribution in [0.15, 0.2) is 147 Å². The lowest BCUT2D eigenvalue weighted by atomic mass is 9.61. The third kappa shape index (κ3) is 12.0. The highest BCUT2D eigenvalue weighted by molar-refractivity contribution is 9.10. The molecule has 3 saturated carbocycles. The Balaban J connectivity index is 0.000000140. The fraction of sp³-hybridized carbons (Fsp3) is 0.455. The van der Waals surface area contributed by atoms with Crippen LogP contribution in [0, 0.1) is 16.2 Å². The van der Waals surface area contributed by atoms with E-state index in [4.69, 9.17) is 40.7 Å². The average molecular weight is 1390 g/mol. The van der Waals surface area contributed by atoms with E-state index in [1.165, 1.54) is 22.2 Å². The Morgan fingerprint density at radius 2 is 0.827 bits per heavy atom. The second kappa shape index (κ2) is 28.0. The number of likely N-dealkylation sites (N-methyl/N-ethyl adjacent to an activating group) is 3. The van der Waals surface area contributed by atoms with Gasteiger partial charge in [-0.05, 0) is 203 Å². The van der Waals surface area contributed by atoms with Crippen LogP contribution in [-0.4, -0.2) is 143 Å². The Morgan fingerprint density at radius 3 is 1.12 bits per heavy atom. The van der Waals surface area contributed by atoms with Crippen molar-refractivity contribution in [2.24, 2.45) is 42.7 Å². The van der Waals surface area contributed by atoms with Gasteiger partial charge in [-0.2, -0.15) is 0 Å². The van der Waals surface area contributed by atoms with Gasteiger partial charge in [-0.15, -0.1) is 0 Å². The Bertz CT molecular complexity index is 3970. The van der Waals surface area contributed by atoms with Gasteiger partial charge in [-0.3, -0.25) is 58.6 Å². The first-order valence-electron chi connectivity index (χ1n) is 33.6. The fourth-order valence-corrected chi connectivity index (χ4v) is 17.8. The van der Waals surface area contributed by atoms with Gasteiger partial charge in [-0.1, -0.05) is 84.0 Å². The van der Waals surface area contributed by atoms with Crippen molar-refractivity contribution >= 4 is 68.8 Å². The zero-order chi connectivity index (χ0) is 68.8. The Hall–Kier alpha value is -8.50. The molecule has 3 unspecified atom stereocenters. The Kier molecular flexibility index (Phi) is 20.2. The quantitative estimate of drug-likeness (QED) is 0.121. The molecule has 3 aliphatic heterocycles. The monoisotopic (exact) mass is 1390 g/mol. The number of halogens is 1. The molecule has 3 atom stereocenters.